The Morgan fingerprint density at radius 3 is 2.50 bits per heavy atom. The molecule has 6 heteroatoms. The highest BCUT2D eigenvalue weighted by atomic mass is 16.6. The molecule has 0 aliphatic rings. The van der Waals surface area contributed by atoms with Crippen molar-refractivity contribution < 1.29 is 14.6 Å². The third kappa shape index (κ3) is 12.2. The van der Waals surface area contributed by atoms with Gasteiger partial charge in [0, 0.05) is 25.7 Å². The van der Waals surface area contributed by atoms with E-state index in [1.54, 1.807) is 0 Å². The van der Waals surface area contributed by atoms with Crippen LogP contribution in [0.2, 0.25) is 0 Å². The Morgan fingerprint density at radius 1 is 1.25 bits per heavy atom. The highest BCUT2D eigenvalue weighted by Crippen LogP contribution is 2.06. The average molecular weight is 289 g/mol. The molecule has 0 heterocycles. The molecule has 0 rings (SSSR count). The second-order valence-electron chi connectivity index (χ2n) is 5.89. The number of hydrogen-bond donors (Lipinski definition) is 4. The number of ether oxygens (including phenoxy) is 1. The quantitative estimate of drug-likeness (QED) is 0.450. The minimum atomic E-state index is -0.470. The van der Waals surface area contributed by atoms with E-state index in [4.69, 9.17) is 15.6 Å². The largest absolute Gasteiger partial charge is 0.444 e. The Balaban J connectivity index is 3.66. The van der Waals surface area contributed by atoms with Gasteiger partial charge >= 0.3 is 6.09 Å². The number of hydrogen-bond acceptors (Lipinski definition) is 5. The minimum absolute atomic E-state index is 0.194. The van der Waals surface area contributed by atoms with E-state index in [2.05, 4.69) is 10.6 Å². The van der Waals surface area contributed by atoms with Crippen molar-refractivity contribution in [2.75, 3.05) is 26.2 Å². The van der Waals surface area contributed by atoms with E-state index in [0.29, 0.717) is 13.1 Å². The Kier molecular flexibility index (Phi) is 10.4. The van der Waals surface area contributed by atoms with Crippen LogP contribution in [0.1, 0.15) is 46.5 Å². The lowest BCUT2D eigenvalue weighted by Crippen LogP contribution is -2.40. The molecule has 0 aliphatic carbocycles. The summed E-state index contributed by atoms with van der Waals surface area (Å²) in [7, 11) is 0. The number of alkyl carbamates (subject to hydrolysis) is 1. The van der Waals surface area contributed by atoms with Crippen LogP contribution in [0.15, 0.2) is 0 Å². The summed E-state index contributed by atoms with van der Waals surface area (Å²) >= 11 is 0. The third-order valence-corrected chi connectivity index (χ3v) is 2.71. The van der Waals surface area contributed by atoms with Crippen molar-refractivity contribution in [2.45, 2.75) is 58.1 Å². The molecule has 120 valence electrons. The molecule has 0 aromatic carbocycles. The monoisotopic (exact) mass is 289 g/mol. The summed E-state index contributed by atoms with van der Waals surface area (Å²) in [5.41, 5.74) is 5.22. The minimum Gasteiger partial charge on any atom is -0.444 e. The lowest BCUT2D eigenvalue weighted by molar-refractivity contribution is 0.0526. The van der Waals surface area contributed by atoms with Crippen molar-refractivity contribution in [3.63, 3.8) is 0 Å². The lowest BCUT2D eigenvalue weighted by atomic mass is 10.2. The molecule has 0 saturated heterocycles. The van der Waals surface area contributed by atoms with Crippen molar-refractivity contribution in [1.29, 1.82) is 0 Å². The fourth-order valence-electron chi connectivity index (χ4n) is 1.69. The first kappa shape index (κ1) is 19.1. The summed E-state index contributed by atoms with van der Waals surface area (Å²) in [5, 5.41) is 14.8. The highest BCUT2D eigenvalue weighted by Gasteiger charge is 2.16. The van der Waals surface area contributed by atoms with Crippen molar-refractivity contribution in [2.24, 2.45) is 5.73 Å². The van der Waals surface area contributed by atoms with Gasteiger partial charge in [0.2, 0.25) is 0 Å². The van der Waals surface area contributed by atoms with Crippen molar-refractivity contribution in [3.8, 4) is 0 Å². The molecule has 6 nitrogen and oxygen atoms in total. The zero-order valence-electron chi connectivity index (χ0n) is 13.1. The summed E-state index contributed by atoms with van der Waals surface area (Å²) in [4.78, 5) is 11.5. The molecule has 0 aromatic heterocycles. The third-order valence-electron chi connectivity index (χ3n) is 2.71. The first-order valence-electron chi connectivity index (χ1n) is 7.40. The predicted molar refractivity (Wildman–Crippen MR) is 80.6 cm³/mol. The van der Waals surface area contributed by atoms with Crippen LogP contribution >= 0.6 is 0 Å². The molecule has 1 unspecified atom stereocenters. The predicted octanol–water partition coefficient (Wildman–Crippen LogP) is 0.981. The van der Waals surface area contributed by atoms with Gasteiger partial charge in [0.15, 0.2) is 0 Å². The number of nitrogens with two attached hydrogens (primary N) is 1. The maximum atomic E-state index is 11.5. The first-order valence-corrected chi connectivity index (χ1v) is 7.40. The first-order chi connectivity index (χ1) is 9.39. The van der Waals surface area contributed by atoms with E-state index in [0.717, 1.165) is 32.2 Å². The van der Waals surface area contributed by atoms with E-state index < -0.39 is 11.7 Å². The summed E-state index contributed by atoms with van der Waals surface area (Å²) in [6, 6.07) is 0.194. The van der Waals surface area contributed by atoms with Gasteiger partial charge in [-0.3, -0.25) is 0 Å². The Bertz CT molecular complexity index is 255. The van der Waals surface area contributed by atoms with Crippen molar-refractivity contribution in [3.05, 3.63) is 0 Å². The van der Waals surface area contributed by atoms with Crippen LogP contribution in [-0.4, -0.2) is 49.1 Å². The Morgan fingerprint density at radius 2 is 1.95 bits per heavy atom. The van der Waals surface area contributed by atoms with E-state index in [9.17, 15) is 4.79 Å². The van der Waals surface area contributed by atoms with Gasteiger partial charge in [0.1, 0.15) is 5.60 Å². The molecule has 20 heavy (non-hydrogen) atoms. The van der Waals surface area contributed by atoms with Crippen LogP contribution in [0.25, 0.3) is 0 Å². The molecule has 0 aliphatic heterocycles. The number of aliphatic hydroxyl groups is 1. The van der Waals surface area contributed by atoms with Crippen LogP contribution in [0.5, 0.6) is 0 Å². The van der Waals surface area contributed by atoms with Gasteiger partial charge in [-0.2, -0.15) is 0 Å². The SMILES string of the molecule is CC(C)(C)OC(=O)NCCC(CN)NCCCCCO. The normalized spacial score (nSPS) is 13.1. The van der Waals surface area contributed by atoms with E-state index in [-0.39, 0.29) is 12.6 Å². The molecule has 0 aromatic rings. The lowest BCUT2D eigenvalue weighted by Gasteiger charge is -2.21. The molecule has 1 amide bonds. The summed E-state index contributed by atoms with van der Waals surface area (Å²) in [6.45, 7) is 7.72. The fraction of sp³-hybridized carbons (Fsp3) is 0.929. The van der Waals surface area contributed by atoms with Crippen LogP contribution in [0.4, 0.5) is 4.79 Å². The average Bonchev–Trinajstić information content (AvgIpc) is 2.34. The van der Waals surface area contributed by atoms with E-state index in [1.807, 2.05) is 20.8 Å². The smallest absolute Gasteiger partial charge is 0.407 e. The van der Waals surface area contributed by atoms with Crippen LogP contribution in [0, 0.1) is 0 Å². The van der Waals surface area contributed by atoms with Gasteiger partial charge in [-0.15, -0.1) is 0 Å². The van der Waals surface area contributed by atoms with Gasteiger partial charge in [-0.1, -0.05) is 0 Å². The topological polar surface area (TPSA) is 96.6 Å². The molecule has 0 bridgehead atoms. The molecule has 5 N–H and O–H groups in total. The van der Waals surface area contributed by atoms with Crippen molar-refractivity contribution in [1.82, 2.24) is 10.6 Å². The molecule has 0 radical (unpaired) electrons. The maximum absolute atomic E-state index is 11.5. The number of carbonyl (C=O) groups is 1. The Hall–Kier alpha value is -0.850. The van der Waals surface area contributed by atoms with Crippen LogP contribution in [0.3, 0.4) is 0 Å². The molecular weight excluding hydrogens is 258 g/mol. The van der Waals surface area contributed by atoms with Gasteiger partial charge < -0.3 is 26.2 Å². The molecule has 0 spiro atoms. The number of carbonyl (C=O) groups excluding carboxylic acids is 1. The van der Waals surface area contributed by atoms with Crippen molar-refractivity contribution >= 4 is 6.09 Å². The number of rotatable bonds is 10. The highest BCUT2D eigenvalue weighted by molar-refractivity contribution is 5.67. The van der Waals surface area contributed by atoms with Gasteiger partial charge in [0.05, 0.1) is 0 Å². The standard InChI is InChI=1S/C14H31N3O3/c1-14(2,3)20-13(19)17-9-7-12(11-15)16-8-5-4-6-10-18/h12,16,18H,4-11,15H2,1-3H3,(H,17,19). The van der Waals surface area contributed by atoms with Gasteiger partial charge in [0.25, 0.3) is 0 Å². The molecule has 0 fully saturated rings. The van der Waals surface area contributed by atoms with Gasteiger partial charge in [-0.25, -0.2) is 4.79 Å². The van der Waals surface area contributed by atoms with Gasteiger partial charge in [-0.05, 0) is 53.0 Å². The maximum Gasteiger partial charge on any atom is 0.407 e. The fourth-order valence-corrected chi connectivity index (χ4v) is 1.69. The van der Waals surface area contributed by atoms with E-state index in [1.165, 1.54) is 0 Å². The summed E-state index contributed by atoms with van der Waals surface area (Å²) in [6.07, 6.45) is 3.26. The van der Waals surface area contributed by atoms with Crippen LogP contribution in [-0.2, 0) is 4.74 Å². The second-order valence-corrected chi connectivity index (χ2v) is 5.89. The number of nitrogens with one attached hydrogen (secondary N) is 2. The van der Waals surface area contributed by atoms with Crippen LogP contribution < -0.4 is 16.4 Å². The molecule has 1 atom stereocenters. The number of unbranched alkanes of at least 4 members (excludes halogenated alkanes) is 2. The number of amides is 1. The number of aliphatic hydroxyl groups excluding tert-OH is 1. The summed E-state index contributed by atoms with van der Waals surface area (Å²) in [5.74, 6) is 0. The Labute approximate surface area is 122 Å². The second kappa shape index (κ2) is 10.9. The van der Waals surface area contributed by atoms with E-state index >= 15 is 0 Å². The molecule has 0 saturated carbocycles. The zero-order valence-corrected chi connectivity index (χ0v) is 13.1. The summed E-state index contributed by atoms with van der Waals surface area (Å²) < 4.78 is 5.15. The molecular formula is C14H31N3O3. The zero-order chi connectivity index (χ0) is 15.4.